The maximum Gasteiger partial charge on any atom is 0.269 e. The summed E-state index contributed by atoms with van der Waals surface area (Å²) in [4.78, 5) is 20.5. The Labute approximate surface area is 153 Å². The van der Waals surface area contributed by atoms with Crippen LogP contribution in [0.5, 0.6) is 0 Å². The molecular weight excluding hydrogens is 359 g/mol. The molecule has 4 rings (SSSR count). The minimum Gasteiger partial charge on any atom is -0.364 e. The number of carbonyl (C=O) groups excluding carboxylic acids is 1. The van der Waals surface area contributed by atoms with Crippen molar-refractivity contribution in [3.05, 3.63) is 81.4 Å². The van der Waals surface area contributed by atoms with E-state index in [1.54, 1.807) is 17.0 Å². The van der Waals surface area contributed by atoms with E-state index in [1.165, 1.54) is 0 Å². The number of halogens is 2. The Hall–Kier alpha value is -2.63. The van der Waals surface area contributed by atoms with Crippen LogP contribution in [0, 0.1) is 0 Å². The molecule has 1 aliphatic rings. The van der Waals surface area contributed by atoms with E-state index in [1.807, 2.05) is 36.4 Å². The van der Waals surface area contributed by atoms with Gasteiger partial charge < -0.3 is 5.73 Å². The number of fused-ring (bicyclic) bond motifs is 3. The van der Waals surface area contributed by atoms with Crippen molar-refractivity contribution in [2.45, 2.75) is 6.54 Å². The van der Waals surface area contributed by atoms with Gasteiger partial charge in [-0.05, 0) is 24.3 Å². The van der Waals surface area contributed by atoms with Gasteiger partial charge in [-0.15, -0.1) is 0 Å². The van der Waals surface area contributed by atoms with Crippen molar-refractivity contribution < 1.29 is 4.79 Å². The van der Waals surface area contributed by atoms with Crippen LogP contribution in [0.1, 0.15) is 27.3 Å². The standard InChI is InChI=1S/C18H12Cl2N4O/c19-10-5-6-12-14(7-10)24-9-23-17(18(21)25)15(24)8-22-16(12)11-3-1-2-4-13(11)20/h1-7,9H,8H2,(H2,21,25). The van der Waals surface area contributed by atoms with Crippen LogP contribution in [0.15, 0.2) is 53.8 Å². The summed E-state index contributed by atoms with van der Waals surface area (Å²) in [7, 11) is 0. The molecule has 1 aliphatic heterocycles. The molecule has 0 saturated heterocycles. The number of rotatable bonds is 2. The Morgan fingerprint density at radius 2 is 1.92 bits per heavy atom. The number of nitrogens with zero attached hydrogens (tertiary/aromatic N) is 3. The van der Waals surface area contributed by atoms with Crippen molar-refractivity contribution in [2.24, 2.45) is 10.7 Å². The maximum atomic E-state index is 11.7. The first kappa shape index (κ1) is 15.9. The summed E-state index contributed by atoms with van der Waals surface area (Å²) in [5.74, 6) is -0.589. The molecule has 5 nitrogen and oxygen atoms in total. The highest BCUT2D eigenvalue weighted by Crippen LogP contribution is 2.30. The van der Waals surface area contributed by atoms with Gasteiger partial charge in [0.25, 0.3) is 5.91 Å². The minimum atomic E-state index is -0.589. The number of hydrogen-bond donors (Lipinski definition) is 1. The first-order valence-electron chi connectivity index (χ1n) is 7.52. The third-order valence-electron chi connectivity index (χ3n) is 4.09. The van der Waals surface area contributed by atoms with E-state index in [9.17, 15) is 4.79 Å². The van der Waals surface area contributed by atoms with Gasteiger partial charge in [0.05, 0.1) is 23.6 Å². The fourth-order valence-corrected chi connectivity index (χ4v) is 3.36. The Kier molecular flexibility index (Phi) is 3.82. The molecule has 1 aromatic heterocycles. The van der Waals surface area contributed by atoms with Crippen molar-refractivity contribution in [1.82, 2.24) is 9.55 Å². The molecule has 0 aliphatic carbocycles. The Balaban J connectivity index is 2.01. The highest BCUT2D eigenvalue weighted by molar-refractivity contribution is 6.36. The Bertz CT molecular complexity index is 1040. The van der Waals surface area contributed by atoms with Gasteiger partial charge in [-0.25, -0.2) is 4.98 Å². The summed E-state index contributed by atoms with van der Waals surface area (Å²) in [5, 5.41) is 1.17. The molecule has 0 fully saturated rings. The zero-order chi connectivity index (χ0) is 17.6. The molecule has 2 heterocycles. The van der Waals surface area contributed by atoms with Crippen molar-refractivity contribution in [3.63, 3.8) is 0 Å². The van der Waals surface area contributed by atoms with Crippen molar-refractivity contribution >= 4 is 34.8 Å². The van der Waals surface area contributed by atoms with Crippen molar-refractivity contribution in [3.8, 4) is 5.69 Å². The summed E-state index contributed by atoms with van der Waals surface area (Å²) in [6.45, 7) is 0.255. The van der Waals surface area contributed by atoms with Gasteiger partial charge in [0.15, 0.2) is 5.69 Å². The van der Waals surface area contributed by atoms with Gasteiger partial charge in [0.1, 0.15) is 6.33 Å². The third kappa shape index (κ3) is 2.62. The van der Waals surface area contributed by atoms with E-state index < -0.39 is 5.91 Å². The van der Waals surface area contributed by atoms with Crippen LogP contribution in [0.3, 0.4) is 0 Å². The first-order valence-corrected chi connectivity index (χ1v) is 8.27. The number of imidazole rings is 1. The third-order valence-corrected chi connectivity index (χ3v) is 4.65. The van der Waals surface area contributed by atoms with Gasteiger partial charge in [-0.1, -0.05) is 41.4 Å². The zero-order valence-electron chi connectivity index (χ0n) is 12.9. The van der Waals surface area contributed by atoms with E-state index in [0.717, 1.165) is 22.5 Å². The number of primary amides is 1. The second-order valence-electron chi connectivity index (χ2n) is 5.58. The average molecular weight is 371 g/mol. The lowest BCUT2D eigenvalue weighted by Gasteiger charge is -2.13. The highest BCUT2D eigenvalue weighted by Gasteiger charge is 2.24. The molecule has 25 heavy (non-hydrogen) atoms. The molecule has 0 saturated carbocycles. The van der Waals surface area contributed by atoms with Crippen LogP contribution in [0.4, 0.5) is 0 Å². The number of nitrogens with two attached hydrogens (primary N) is 1. The monoisotopic (exact) mass is 370 g/mol. The van der Waals surface area contributed by atoms with E-state index in [4.69, 9.17) is 33.9 Å². The Morgan fingerprint density at radius 3 is 2.68 bits per heavy atom. The molecule has 2 aromatic carbocycles. The van der Waals surface area contributed by atoms with E-state index in [0.29, 0.717) is 15.7 Å². The molecule has 1 amide bonds. The molecule has 0 atom stereocenters. The summed E-state index contributed by atoms with van der Waals surface area (Å²) in [6.07, 6.45) is 1.57. The van der Waals surface area contributed by atoms with Crippen LogP contribution >= 0.6 is 23.2 Å². The van der Waals surface area contributed by atoms with E-state index in [-0.39, 0.29) is 12.2 Å². The second kappa shape index (κ2) is 6.02. The fraction of sp³-hybridized carbons (Fsp3) is 0.0556. The largest absolute Gasteiger partial charge is 0.364 e. The first-order chi connectivity index (χ1) is 12.1. The summed E-state index contributed by atoms with van der Waals surface area (Å²) in [6, 6.07) is 13.0. The topological polar surface area (TPSA) is 73.3 Å². The van der Waals surface area contributed by atoms with Crippen LogP contribution < -0.4 is 5.73 Å². The minimum absolute atomic E-state index is 0.204. The summed E-state index contributed by atoms with van der Waals surface area (Å²) in [5.41, 5.74) is 9.44. The predicted molar refractivity (Wildman–Crippen MR) is 97.9 cm³/mol. The maximum absolute atomic E-state index is 11.7. The summed E-state index contributed by atoms with van der Waals surface area (Å²) < 4.78 is 1.80. The number of carbonyl (C=O) groups is 1. The quantitative estimate of drug-likeness (QED) is 0.747. The van der Waals surface area contributed by atoms with Gasteiger partial charge in [0, 0.05) is 21.2 Å². The van der Waals surface area contributed by atoms with Crippen LogP contribution in [0.25, 0.3) is 5.69 Å². The molecule has 0 unspecified atom stereocenters. The number of hydrogen-bond acceptors (Lipinski definition) is 3. The van der Waals surface area contributed by atoms with Gasteiger partial charge in [0.2, 0.25) is 0 Å². The smallest absolute Gasteiger partial charge is 0.269 e. The molecule has 3 aromatic rings. The lowest BCUT2D eigenvalue weighted by atomic mass is 10.0. The normalized spacial score (nSPS) is 12.8. The summed E-state index contributed by atoms with van der Waals surface area (Å²) >= 11 is 12.6. The number of amides is 1. The average Bonchev–Trinajstić information content (AvgIpc) is 2.95. The number of aromatic nitrogens is 2. The van der Waals surface area contributed by atoms with E-state index in [2.05, 4.69) is 4.98 Å². The predicted octanol–water partition coefficient (Wildman–Crippen LogP) is 3.63. The lowest BCUT2D eigenvalue weighted by molar-refractivity contribution is 0.0995. The molecule has 124 valence electrons. The molecule has 0 radical (unpaired) electrons. The van der Waals surface area contributed by atoms with Crippen molar-refractivity contribution in [2.75, 3.05) is 0 Å². The molecule has 2 N–H and O–H groups in total. The molecule has 0 bridgehead atoms. The lowest BCUT2D eigenvalue weighted by Crippen LogP contribution is -2.14. The zero-order valence-corrected chi connectivity index (χ0v) is 14.4. The van der Waals surface area contributed by atoms with Gasteiger partial charge in [-0.3, -0.25) is 14.4 Å². The molecule has 7 heteroatoms. The van der Waals surface area contributed by atoms with Crippen LogP contribution in [0.2, 0.25) is 10.0 Å². The highest BCUT2D eigenvalue weighted by atomic mass is 35.5. The van der Waals surface area contributed by atoms with Crippen LogP contribution in [-0.2, 0) is 6.54 Å². The van der Waals surface area contributed by atoms with E-state index >= 15 is 0 Å². The Morgan fingerprint density at radius 1 is 1.12 bits per heavy atom. The molecular formula is C18H12Cl2N4O. The van der Waals surface area contributed by atoms with Crippen molar-refractivity contribution in [1.29, 1.82) is 0 Å². The second-order valence-corrected chi connectivity index (χ2v) is 6.42. The number of benzene rings is 2. The van der Waals surface area contributed by atoms with Crippen LogP contribution in [-0.4, -0.2) is 21.2 Å². The fourth-order valence-electron chi connectivity index (χ4n) is 2.97. The van der Waals surface area contributed by atoms with Gasteiger partial charge >= 0.3 is 0 Å². The molecule has 0 spiro atoms. The SMILES string of the molecule is NC(=O)c1ncn2c1CN=C(c1ccccc1Cl)c1ccc(Cl)cc1-2. The van der Waals surface area contributed by atoms with Gasteiger partial charge in [-0.2, -0.15) is 0 Å². The number of aliphatic imine (C=N–C) groups is 1.